The van der Waals surface area contributed by atoms with Gasteiger partial charge in [-0.2, -0.15) is 0 Å². The highest BCUT2D eigenvalue weighted by Crippen LogP contribution is 2.35. The third-order valence-electron chi connectivity index (χ3n) is 5.12. The van der Waals surface area contributed by atoms with E-state index in [9.17, 15) is 24.5 Å². The number of hydrogen-bond acceptors (Lipinski definition) is 8. The summed E-state index contributed by atoms with van der Waals surface area (Å²) in [5, 5.41) is 11.1. The Balaban J connectivity index is 1.55. The number of nitro groups is 1. The molecule has 2 amide bonds. The predicted octanol–water partition coefficient (Wildman–Crippen LogP) is 3.35. The number of nitro benzene ring substituents is 1. The van der Waals surface area contributed by atoms with Crippen LogP contribution in [0, 0.1) is 10.1 Å². The number of carbonyl (C=O) groups excluding carboxylic acids is 3. The van der Waals surface area contributed by atoms with E-state index in [1.807, 2.05) is 4.90 Å². The summed E-state index contributed by atoms with van der Waals surface area (Å²) in [6.45, 7) is 1.73. The Morgan fingerprint density at radius 2 is 1.84 bits per heavy atom. The van der Waals surface area contributed by atoms with E-state index in [1.165, 1.54) is 12.1 Å². The van der Waals surface area contributed by atoms with Gasteiger partial charge in [0.2, 0.25) is 0 Å². The van der Waals surface area contributed by atoms with Crippen LogP contribution in [-0.2, 0) is 9.53 Å². The zero-order valence-electron chi connectivity index (χ0n) is 16.9. The minimum Gasteiger partial charge on any atom is -0.378 e. The van der Waals surface area contributed by atoms with Crippen molar-refractivity contribution in [3.05, 3.63) is 74.7 Å². The third-order valence-corrected chi connectivity index (χ3v) is 6.02. The van der Waals surface area contributed by atoms with Crippen LogP contribution in [-0.4, -0.2) is 59.6 Å². The lowest BCUT2D eigenvalue weighted by atomic mass is 10.1. The Kier molecular flexibility index (Phi) is 6.33. The van der Waals surface area contributed by atoms with Gasteiger partial charge in [-0.3, -0.25) is 29.4 Å². The fourth-order valence-electron chi connectivity index (χ4n) is 3.49. The molecule has 2 aliphatic heterocycles. The monoisotopic (exact) mass is 453 g/mol. The molecule has 164 valence electrons. The molecule has 9 nitrogen and oxygen atoms in total. The van der Waals surface area contributed by atoms with E-state index < -0.39 is 16.1 Å². The van der Waals surface area contributed by atoms with Gasteiger partial charge in [-0.15, -0.1) is 0 Å². The maximum absolute atomic E-state index is 12.7. The Bertz CT molecular complexity index is 1110. The van der Waals surface area contributed by atoms with Crippen LogP contribution in [0.5, 0.6) is 0 Å². The molecule has 0 radical (unpaired) electrons. The van der Waals surface area contributed by atoms with Gasteiger partial charge in [0.15, 0.2) is 5.78 Å². The van der Waals surface area contributed by atoms with E-state index in [0.29, 0.717) is 54.9 Å². The second kappa shape index (κ2) is 9.33. The van der Waals surface area contributed by atoms with Crippen LogP contribution in [0.1, 0.15) is 15.9 Å². The number of morpholine rings is 1. The first kappa shape index (κ1) is 21.7. The molecule has 2 fully saturated rings. The summed E-state index contributed by atoms with van der Waals surface area (Å²) in [5.74, 6) is -0.941. The number of hydrogen-bond donors (Lipinski definition) is 0. The number of thioether (sulfide) groups is 1. The predicted molar refractivity (Wildman–Crippen MR) is 120 cm³/mol. The summed E-state index contributed by atoms with van der Waals surface area (Å²) in [7, 11) is 0. The summed E-state index contributed by atoms with van der Waals surface area (Å²) in [6, 6.07) is 13.1. The molecule has 0 aromatic heterocycles. The van der Waals surface area contributed by atoms with Gasteiger partial charge in [0.05, 0.1) is 29.6 Å². The second-order valence-electron chi connectivity index (χ2n) is 7.16. The summed E-state index contributed by atoms with van der Waals surface area (Å²) in [5.41, 5.74) is 1.23. The van der Waals surface area contributed by atoms with Gasteiger partial charge in [0, 0.05) is 24.7 Å². The van der Waals surface area contributed by atoms with Gasteiger partial charge < -0.3 is 9.64 Å². The number of ketones is 1. The first-order valence-corrected chi connectivity index (χ1v) is 10.7. The third kappa shape index (κ3) is 4.56. The lowest BCUT2D eigenvalue weighted by Crippen LogP contribution is -2.36. The zero-order chi connectivity index (χ0) is 22.7. The highest BCUT2D eigenvalue weighted by Gasteiger charge is 2.36. The Labute approximate surface area is 187 Å². The number of anilines is 1. The minimum atomic E-state index is -0.593. The Morgan fingerprint density at radius 3 is 2.53 bits per heavy atom. The summed E-state index contributed by atoms with van der Waals surface area (Å²) >= 11 is 0.710. The number of amides is 2. The average Bonchev–Trinajstić information content (AvgIpc) is 3.07. The van der Waals surface area contributed by atoms with Crippen LogP contribution in [0.25, 0.3) is 6.08 Å². The van der Waals surface area contributed by atoms with E-state index in [-0.39, 0.29) is 22.9 Å². The molecule has 32 heavy (non-hydrogen) atoms. The lowest BCUT2D eigenvalue weighted by Gasteiger charge is -2.28. The van der Waals surface area contributed by atoms with Crippen LogP contribution in [0.15, 0.2) is 53.4 Å². The molecular weight excluding hydrogens is 434 g/mol. The number of Topliss-reactive ketones (excluding diaryl/α,β-unsaturated/α-hetero) is 1. The van der Waals surface area contributed by atoms with Gasteiger partial charge in [0.25, 0.3) is 16.8 Å². The number of ether oxygens (including phenoxy) is 1. The van der Waals surface area contributed by atoms with Gasteiger partial charge in [-0.25, -0.2) is 0 Å². The number of imide groups is 1. The molecule has 2 saturated heterocycles. The molecular formula is C22H19N3O6S. The van der Waals surface area contributed by atoms with E-state index in [0.717, 1.165) is 4.90 Å². The lowest BCUT2D eigenvalue weighted by molar-refractivity contribution is -0.384. The fourth-order valence-corrected chi connectivity index (χ4v) is 4.33. The Hall–Kier alpha value is -3.50. The van der Waals surface area contributed by atoms with Gasteiger partial charge in [0.1, 0.15) is 5.69 Å². The quantitative estimate of drug-likeness (QED) is 0.283. The van der Waals surface area contributed by atoms with E-state index in [1.54, 1.807) is 42.5 Å². The van der Waals surface area contributed by atoms with Crippen molar-refractivity contribution < 1.29 is 24.0 Å². The molecule has 0 spiro atoms. The van der Waals surface area contributed by atoms with Crippen molar-refractivity contribution >= 4 is 46.1 Å². The smallest absolute Gasteiger partial charge is 0.293 e. The van der Waals surface area contributed by atoms with Gasteiger partial charge >= 0.3 is 0 Å². The first-order valence-electron chi connectivity index (χ1n) is 9.89. The molecule has 2 aromatic carbocycles. The normalized spacial score (nSPS) is 17.8. The first-order chi connectivity index (χ1) is 15.4. The summed E-state index contributed by atoms with van der Waals surface area (Å²) < 4.78 is 5.30. The molecule has 10 heteroatoms. The summed E-state index contributed by atoms with van der Waals surface area (Å²) in [4.78, 5) is 51.5. The second-order valence-corrected chi connectivity index (χ2v) is 8.15. The fraction of sp³-hybridized carbons (Fsp3) is 0.227. The molecule has 2 aromatic rings. The number of benzene rings is 2. The van der Waals surface area contributed by atoms with E-state index in [4.69, 9.17) is 4.74 Å². The van der Waals surface area contributed by atoms with Gasteiger partial charge in [-0.1, -0.05) is 36.4 Å². The van der Waals surface area contributed by atoms with Crippen LogP contribution >= 0.6 is 11.8 Å². The van der Waals surface area contributed by atoms with Crippen molar-refractivity contribution in [2.75, 3.05) is 37.7 Å². The van der Waals surface area contributed by atoms with Crippen LogP contribution in [0.2, 0.25) is 0 Å². The van der Waals surface area contributed by atoms with Crippen molar-refractivity contribution in [2.24, 2.45) is 0 Å². The van der Waals surface area contributed by atoms with Crippen molar-refractivity contribution in [2.45, 2.75) is 0 Å². The molecule has 2 heterocycles. The number of carbonyl (C=O) groups is 3. The average molecular weight is 453 g/mol. The molecule has 0 N–H and O–H groups in total. The standard InChI is InChI=1S/C22H19N3O6S/c26-19(16-4-2-1-3-5-16)14-24-21(27)20(32-22(24)28)13-15-6-7-17(18(12-15)25(29)30)23-8-10-31-11-9-23/h1-7,12-13H,8-11,14H2/b20-13-. The number of rotatable bonds is 6. The molecule has 0 saturated carbocycles. The maximum atomic E-state index is 12.7. The molecule has 0 aliphatic carbocycles. The largest absolute Gasteiger partial charge is 0.378 e. The molecule has 4 rings (SSSR count). The van der Waals surface area contributed by atoms with Crippen LogP contribution < -0.4 is 4.90 Å². The topological polar surface area (TPSA) is 110 Å². The van der Waals surface area contributed by atoms with Crippen molar-refractivity contribution in [3.63, 3.8) is 0 Å². The van der Waals surface area contributed by atoms with Gasteiger partial charge in [-0.05, 0) is 29.5 Å². The molecule has 2 aliphatic rings. The highest BCUT2D eigenvalue weighted by atomic mass is 32.2. The SMILES string of the molecule is O=C(CN1C(=O)S/C(=C\c2ccc(N3CCOCC3)c([N+](=O)[O-])c2)C1=O)c1ccccc1. The van der Waals surface area contributed by atoms with E-state index >= 15 is 0 Å². The van der Waals surface area contributed by atoms with Crippen molar-refractivity contribution in [1.29, 1.82) is 0 Å². The van der Waals surface area contributed by atoms with Crippen LogP contribution in [0.3, 0.4) is 0 Å². The minimum absolute atomic E-state index is 0.0841. The zero-order valence-corrected chi connectivity index (χ0v) is 17.7. The van der Waals surface area contributed by atoms with Crippen LogP contribution in [0.4, 0.5) is 16.2 Å². The Morgan fingerprint density at radius 1 is 1.12 bits per heavy atom. The highest BCUT2D eigenvalue weighted by molar-refractivity contribution is 8.18. The van der Waals surface area contributed by atoms with E-state index in [2.05, 4.69) is 0 Å². The summed E-state index contributed by atoms with van der Waals surface area (Å²) in [6.07, 6.45) is 1.44. The maximum Gasteiger partial charge on any atom is 0.293 e. The molecule has 0 unspecified atom stereocenters. The van der Waals surface area contributed by atoms with Crippen molar-refractivity contribution in [1.82, 2.24) is 4.90 Å². The molecule has 0 bridgehead atoms. The number of nitrogens with zero attached hydrogens (tertiary/aromatic N) is 3. The molecule has 0 atom stereocenters. The van der Waals surface area contributed by atoms with Crippen molar-refractivity contribution in [3.8, 4) is 0 Å².